The summed E-state index contributed by atoms with van der Waals surface area (Å²) in [4.78, 5) is 17.4. The molecule has 0 fully saturated rings. The maximum atomic E-state index is 8.71. The van der Waals surface area contributed by atoms with Crippen LogP contribution in [0.5, 0.6) is 0 Å². The average molecular weight is 242 g/mol. The third-order valence-electron chi connectivity index (χ3n) is 1.50. The van der Waals surface area contributed by atoms with Crippen LogP contribution in [-0.2, 0) is 16.3 Å². The van der Waals surface area contributed by atoms with Gasteiger partial charge in [0.25, 0.3) is 0 Å². The Morgan fingerprint density at radius 1 is 1.21 bits per heavy atom. The molecule has 14 heavy (non-hydrogen) atoms. The lowest BCUT2D eigenvalue weighted by atomic mass is 10.4. The molecule has 0 heterocycles. The highest BCUT2D eigenvalue weighted by molar-refractivity contribution is 8.06. The molecule has 0 saturated carbocycles. The highest BCUT2D eigenvalue weighted by atomic mass is 32.5. The summed E-state index contributed by atoms with van der Waals surface area (Å²) in [5.74, 6) is 0. The number of hydrogen-bond donors (Lipinski definition) is 4. The minimum absolute atomic E-state index is 0.242. The molecule has 5 nitrogen and oxygen atoms in total. The molecule has 0 saturated heterocycles. The van der Waals surface area contributed by atoms with Crippen molar-refractivity contribution in [2.45, 2.75) is 13.3 Å². The van der Waals surface area contributed by atoms with Gasteiger partial charge in [-0.3, -0.25) is 0 Å². The summed E-state index contributed by atoms with van der Waals surface area (Å²) in [6.45, 7) is 2.31. The first-order chi connectivity index (χ1) is 6.56. The minimum Gasteiger partial charge on any atom is -0.325 e. The van der Waals surface area contributed by atoms with Crippen LogP contribution >= 0.6 is 6.72 Å². The molecule has 0 unspecified atom stereocenters. The van der Waals surface area contributed by atoms with Gasteiger partial charge in [0.05, 0.1) is 6.61 Å². The first-order valence-corrected chi connectivity index (χ1v) is 7.30. The van der Waals surface area contributed by atoms with Gasteiger partial charge < -0.3 is 24.9 Å². The second-order valence-corrected chi connectivity index (χ2v) is 5.45. The fourth-order valence-electron chi connectivity index (χ4n) is 0.877. The van der Waals surface area contributed by atoms with E-state index in [-0.39, 0.29) is 6.61 Å². The van der Waals surface area contributed by atoms with Crippen LogP contribution in [0.1, 0.15) is 13.3 Å². The fourth-order valence-corrected chi connectivity index (χ4v) is 1.43. The monoisotopic (exact) mass is 242 g/mol. The van der Waals surface area contributed by atoms with Gasteiger partial charge in [0.1, 0.15) is 0 Å². The van der Waals surface area contributed by atoms with Crippen molar-refractivity contribution in [3.63, 3.8) is 0 Å². The second kappa shape index (κ2) is 8.73. The number of nitrogens with one attached hydrogen (secondary N) is 2. The molecule has 0 aliphatic carbocycles. The lowest BCUT2D eigenvalue weighted by Gasteiger charge is -2.08. The summed E-state index contributed by atoms with van der Waals surface area (Å²) in [6, 6.07) is 0. The highest BCUT2D eigenvalue weighted by Crippen LogP contribution is 2.35. The summed E-state index contributed by atoms with van der Waals surface area (Å²) in [5.41, 5.74) is 0. The van der Waals surface area contributed by atoms with Gasteiger partial charge in [-0.2, -0.15) is 0 Å². The van der Waals surface area contributed by atoms with Crippen LogP contribution in [0.3, 0.4) is 0 Å². The molecular formula is C7H19N2O3PS. The lowest BCUT2D eigenvalue weighted by molar-refractivity contribution is 0.251. The molecule has 0 aromatic rings. The summed E-state index contributed by atoms with van der Waals surface area (Å²) < 4.78 is 4.62. The van der Waals surface area contributed by atoms with E-state index in [9.17, 15) is 0 Å². The first-order valence-electron chi connectivity index (χ1n) is 4.68. The van der Waals surface area contributed by atoms with E-state index < -0.39 is 6.72 Å². The van der Waals surface area contributed by atoms with Gasteiger partial charge >= 0.3 is 6.72 Å². The van der Waals surface area contributed by atoms with Crippen molar-refractivity contribution in [3.8, 4) is 0 Å². The van der Waals surface area contributed by atoms with E-state index >= 15 is 0 Å². The predicted octanol–water partition coefficient (Wildman–Crippen LogP) is -0.199. The van der Waals surface area contributed by atoms with E-state index in [4.69, 9.17) is 9.79 Å². The zero-order chi connectivity index (χ0) is 10.9. The van der Waals surface area contributed by atoms with Crippen molar-refractivity contribution in [1.29, 1.82) is 0 Å². The SMILES string of the molecule is CCNCCCNCCOP(O)(O)=S. The van der Waals surface area contributed by atoms with Crippen LogP contribution in [0.15, 0.2) is 0 Å². The lowest BCUT2D eigenvalue weighted by Crippen LogP contribution is -2.24. The van der Waals surface area contributed by atoms with Gasteiger partial charge in [0.2, 0.25) is 0 Å². The van der Waals surface area contributed by atoms with Crippen molar-refractivity contribution in [3.05, 3.63) is 0 Å². The van der Waals surface area contributed by atoms with E-state index in [1.165, 1.54) is 0 Å². The van der Waals surface area contributed by atoms with Crippen molar-refractivity contribution in [1.82, 2.24) is 10.6 Å². The first kappa shape index (κ1) is 14.5. The topological polar surface area (TPSA) is 73.8 Å². The Labute approximate surface area is 90.1 Å². The number of hydrogen-bond acceptors (Lipinski definition) is 4. The predicted molar refractivity (Wildman–Crippen MR) is 60.7 cm³/mol. The van der Waals surface area contributed by atoms with E-state index in [2.05, 4.69) is 33.9 Å². The van der Waals surface area contributed by atoms with Crippen molar-refractivity contribution in [2.24, 2.45) is 0 Å². The largest absolute Gasteiger partial charge is 0.325 e. The van der Waals surface area contributed by atoms with Crippen molar-refractivity contribution in [2.75, 3.05) is 32.8 Å². The molecule has 0 amide bonds. The van der Waals surface area contributed by atoms with Gasteiger partial charge in [0, 0.05) is 6.54 Å². The van der Waals surface area contributed by atoms with Gasteiger partial charge in [-0.15, -0.1) is 0 Å². The third kappa shape index (κ3) is 12.4. The molecule has 0 aliphatic heterocycles. The molecule has 7 heteroatoms. The zero-order valence-electron chi connectivity index (χ0n) is 8.40. The smallest absolute Gasteiger partial charge is 0.321 e. The summed E-state index contributed by atoms with van der Waals surface area (Å²) in [5, 5.41) is 6.30. The Morgan fingerprint density at radius 2 is 1.86 bits per heavy atom. The fraction of sp³-hybridized carbons (Fsp3) is 1.00. The maximum Gasteiger partial charge on any atom is 0.321 e. The minimum atomic E-state index is -3.45. The zero-order valence-corrected chi connectivity index (χ0v) is 10.1. The highest BCUT2D eigenvalue weighted by Gasteiger charge is 2.05. The molecule has 4 N–H and O–H groups in total. The molecular weight excluding hydrogens is 223 g/mol. The second-order valence-electron chi connectivity index (χ2n) is 2.78. The molecule has 0 radical (unpaired) electrons. The number of rotatable bonds is 9. The Bertz CT molecular complexity index is 176. The van der Waals surface area contributed by atoms with Crippen molar-refractivity contribution >= 4 is 18.5 Å². The van der Waals surface area contributed by atoms with Crippen LogP contribution in [0, 0.1) is 0 Å². The summed E-state index contributed by atoms with van der Waals surface area (Å²) in [7, 11) is 0. The molecule has 0 atom stereocenters. The molecule has 86 valence electrons. The normalized spacial score (nSPS) is 11.9. The third-order valence-corrected chi connectivity index (χ3v) is 2.33. The van der Waals surface area contributed by atoms with Crippen molar-refractivity contribution < 1.29 is 14.3 Å². The molecule has 0 aliphatic rings. The molecule has 0 aromatic heterocycles. The van der Waals surface area contributed by atoms with Crippen LogP contribution in [0.4, 0.5) is 0 Å². The Kier molecular flexibility index (Phi) is 9.01. The van der Waals surface area contributed by atoms with Crippen LogP contribution < -0.4 is 10.6 Å². The van der Waals surface area contributed by atoms with Crippen LogP contribution in [0.2, 0.25) is 0 Å². The quantitative estimate of drug-likeness (QED) is 0.331. The standard InChI is InChI=1S/C7H19N2O3PS/c1-2-8-4-3-5-9-6-7-12-13(10,11)14/h8-9H,2-7H2,1H3,(H2,10,11,14). The molecule has 0 rings (SSSR count). The van der Waals surface area contributed by atoms with Crippen LogP contribution in [0.25, 0.3) is 0 Å². The van der Waals surface area contributed by atoms with E-state index in [1.54, 1.807) is 0 Å². The summed E-state index contributed by atoms with van der Waals surface area (Å²) in [6.07, 6.45) is 1.04. The Morgan fingerprint density at radius 3 is 2.43 bits per heavy atom. The van der Waals surface area contributed by atoms with Crippen LogP contribution in [-0.4, -0.2) is 42.6 Å². The van der Waals surface area contributed by atoms with E-state index in [0.29, 0.717) is 6.54 Å². The molecule has 0 aromatic carbocycles. The molecule has 0 bridgehead atoms. The Balaban J connectivity index is 3.03. The van der Waals surface area contributed by atoms with Gasteiger partial charge in [-0.1, -0.05) is 6.92 Å². The van der Waals surface area contributed by atoms with Gasteiger partial charge in [-0.25, -0.2) is 0 Å². The molecule has 0 spiro atoms. The summed E-state index contributed by atoms with van der Waals surface area (Å²) >= 11 is 4.28. The maximum absolute atomic E-state index is 8.71. The Hall–Kier alpha value is 0.450. The van der Waals surface area contributed by atoms with Gasteiger partial charge in [-0.05, 0) is 37.9 Å². The van der Waals surface area contributed by atoms with E-state index in [0.717, 1.165) is 26.1 Å². The van der Waals surface area contributed by atoms with E-state index in [1.807, 2.05) is 0 Å². The average Bonchev–Trinajstić information content (AvgIpc) is 2.08. The van der Waals surface area contributed by atoms with Gasteiger partial charge in [0.15, 0.2) is 0 Å².